The zero-order chi connectivity index (χ0) is 19.7. The minimum absolute atomic E-state index is 0.000738. The van der Waals surface area contributed by atoms with Gasteiger partial charge in [0.05, 0.1) is 18.6 Å². The molecule has 0 unspecified atom stereocenters. The second-order valence-electron chi connectivity index (χ2n) is 7.99. The van der Waals surface area contributed by atoms with Crippen molar-refractivity contribution in [3.8, 4) is 5.88 Å². The van der Waals surface area contributed by atoms with Gasteiger partial charge in [0.15, 0.2) is 5.69 Å². The Morgan fingerprint density at radius 1 is 1.25 bits per heavy atom. The number of carbonyl (C=O) groups excluding carboxylic acids is 1. The minimum atomic E-state index is -0.0379. The molecular weight excluding hydrogens is 358 g/mol. The quantitative estimate of drug-likeness (QED) is 0.803. The van der Waals surface area contributed by atoms with Crippen LogP contribution in [0.2, 0.25) is 0 Å². The van der Waals surface area contributed by atoms with Crippen LogP contribution in [0.15, 0.2) is 23.3 Å². The monoisotopic (exact) mass is 385 g/mol. The van der Waals surface area contributed by atoms with E-state index in [2.05, 4.69) is 10.1 Å². The lowest BCUT2D eigenvalue weighted by molar-refractivity contribution is 0.0675. The van der Waals surface area contributed by atoms with Crippen molar-refractivity contribution in [2.24, 2.45) is 5.92 Å². The van der Waals surface area contributed by atoms with E-state index in [0.717, 1.165) is 31.5 Å². The Morgan fingerprint density at radius 3 is 2.71 bits per heavy atom. The van der Waals surface area contributed by atoms with E-state index in [0.29, 0.717) is 43.7 Å². The molecule has 0 spiro atoms. The van der Waals surface area contributed by atoms with Gasteiger partial charge in [0.25, 0.3) is 11.5 Å². The van der Waals surface area contributed by atoms with E-state index in [1.165, 1.54) is 0 Å². The van der Waals surface area contributed by atoms with Gasteiger partial charge in [-0.3, -0.25) is 14.2 Å². The van der Waals surface area contributed by atoms with E-state index in [1.54, 1.807) is 27.7 Å². The summed E-state index contributed by atoms with van der Waals surface area (Å²) in [5.74, 6) is 1.26. The highest BCUT2D eigenvalue weighted by atomic mass is 16.5. The van der Waals surface area contributed by atoms with Crippen LogP contribution in [-0.4, -0.2) is 49.8 Å². The van der Waals surface area contributed by atoms with Crippen LogP contribution in [0.3, 0.4) is 0 Å². The lowest BCUT2D eigenvalue weighted by atomic mass is 9.96. The fraction of sp³-hybridized carbons (Fsp3) is 0.600. The van der Waals surface area contributed by atoms with E-state index < -0.39 is 0 Å². The van der Waals surface area contributed by atoms with Gasteiger partial charge < -0.3 is 9.64 Å². The highest BCUT2D eigenvalue weighted by Crippen LogP contribution is 2.23. The third-order valence-electron chi connectivity index (χ3n) is 5.58. The van der Waals surface area contributed by atoms with Crippen LogP contribution in [-0.2, 0) is 13.1 Å². The Labute approximate surface area is 164 Å². The Morgan fingerprint density at radius 2 is 2.04 bits per heavy atom. The number of carbonyl (C=O) groups is 1. The molecule has 8 nitrogen and oxygen atoms in total. The van der Waals surface area contributed by atoms with Gasteiger partial charge in [-0.15, -0.1) is 0 Å². The number of likely N-dealkylation sites (tertiary alicyclic amines) is 1. The zero-order valence-corrected chi connectivity index (χ0v) is 16.5. The number of aryl methyl sites for hydroxylation is 1. The Kier molecular flexibility index (Phi) is 5.19. The molecule has 2 aromatic heterocycles. The van der Waals surface area contributed by atoms with Gasteiger partial charge in [-0.05, 0) is 24.7 Å². The van der Waals surface area contributed by atoms with Gasteiger partial charge in [0.2, 0.25) is 5.88 Å². The van der Waals surface area contributed by atoms with Crippen LogP contribution in [0, 0.1) is 5.92 Å². The number of piperidine rings is 1. The number of amides is 1. The number of ether oxygens (including phenoxy) is 1. The topological polar surface area (TPSA) is 82.2 Å². The van der Waals surface area contributed by atoms with Crippen molar-refractivity contribution in [2.45, 2.75) is 52.1 Å². The number of aromatic nitrogens is 4. The van der Waals surface area contributed by atoms with Crippen molar-refractivity contribution in [1.82, 2.24) is 24.2 Å². The number of nitrogens with zero attached hydrogens (tertiary/aromatic N) is 5. The van der Waals surface area contributed by atoms with Gasteiger partial charge in [0, 0.05) is 44.7 Å². The van der Waals surface area contributed by atoms with Crippen molar-refractivity contribution < 1.29 is 9.53 Å². The first-order valence-electron chi connectivity index (χ1n) is 10.1. The largest absolute Gasteiger partial charge is 0.478 e. The maximum absolute atomic E-state index is 12.8. The molecule has 0 atom stereocenters. The lowest BCUT2D eigenvalue weighted by Crippen LogP contribution is -2.40. The van der Waals surface area contributed by atoms with Crippen LogP contribution in [0.1, 0.15) is 55.2 Å². The fourth-order valence-corrected chi connectivity index (χ4v) is 3.82. The summed E-state index contributed by atoms with van der Waals surface area (Å²) in [4.78, 5) is 31.3. The SMILES string of the molecule is CC(C)c1cc(=O)n(CC2CCN(C(=O)c3cc4n(n3)CCCO4)CC2)cn1. The molecule has 150 valence electrons. The summed E-state index contributed by atoms with van der Waals surface area (Å²) in [6.45, 7) is 7.54. The standard InChI is InChI=1S/C20H27N5O3/c1-14(2)16-10-18(26)24(13-21-16)12-15-4-7-23(8-5-15)20(27)17-11-19-25(22-17)6-3-9-28-19/h10-11,13-15H,3-9,12H2,1-2H3. The number of rotatable bonds is 4. The summed E-state index contributed by atoms with van der Waals surface area (Å²) in [5, 5.41) is 4.39. The average Bonchev–Trinajstić information content (AvgIpc) is 3.13. The van der Waals surface area contributed by atoms with Gasteiger partial charge in [-0.2, -0.15) is 5.10 Å². The second kappa shape index (κ2) is 7.77. The predicted molar refractivity (Wildman–Crippen MR) is 104 cm³/mol. The van der Waals surface area contributed by atoms with Crippen molar-refractivity contribution in [3.63, 3.8) is 0 Å². The Balaban J connectivity index is 1.35. The maximum Gasteiger partial charge on any atom is 0.274 e. The van der Waals surface area contributed by atoms with Crippen molar-refractivity contribution >= 4 is 5.91 Å². The van der Waals surface area contributed by atoms with Crippen molar-refractivity contribution in [3.05, 3.63) is 40.2 Å². The summed E-state index contributed by atoms with van der Waals surface area (Å²) in [7, 11) is 0. The van der Waals surface area contributed by atoms with Crippen LogP contribution >= 0.6 is 0 Å². The molecule has 4 rings (SSSR count). The molecule has 28 heavy (non-hydrogen) atoms. The number of hydrogen-bond acceptors (Lipinski definition) is 5. The number of hydrogen-bond donors (Lipinski definition) is 0. The highest BCUT2D eigenvalue weighted by Gasteiger charge is 2.27. The third-order valence-corrected chi connectivity index (χ3v) is 5.58. The van der Waals surface area contributed by atoms with Crippen LogP contribution in [0.4, 0.5) is 0 Å². The molecule has 0 radical (unpaired) electrons. The summed E-state index contributed by atoms with van der Waals surface area (Å²) in [6, 6.07) is 3.38. The molecule has 2 aliphatic rings. The van der Waals surface area contributed by atoms with E-state index >= 15 is 0 Å². The molecule has 0 bridgehead atoms. The smallest absolute Gasteiger partial charge is 0.274 e. The second-order valence-corrected chi connectivity index (χ2v) is 7.99. The molecule has 0 aromatic carbocycles. The molecule has 8 heteroatoms. The normalized spacial score (nSPS) is 17.5. The predicted octanol–water partition coefficient (Wildman–Crippen LogP) is 1.90. The van der Waals surface area contributed by atoms with Crippen LogP contribution < -0.4 is 10.3 Å². The van der Waals surface area contributed by atoms with Gasteiger partial charge in [-0.1, -0.05) is 13.8 Å². The highest BCUT2D eigenvalue weighted by molar-refractivity contribution is 5.92. The van der Waals surface area contributed by atoms with E-state index in [-0.39, 0.29) is 17.4 Å². The number of fused-ring (bicyclic) bond motifs is 1. The molecule has 2 aliphatic heterocycles. The third kappa shape index (κ3) is 3.81. The summed E-state index contributed by atoms with van der Waals surface area (Å²) >= 11 is 0. The summed E-state index contributed by atoms with van der Waals surface area (Å²) < 4.78 is 9.01. The molecule has 2 aromatic rings. The molecule has 1 fully saturated rings. The zero-order valence-electron chi connectivity index (χ0n) is 16.5. The molecule has 4 heterocycles. The Bertz CT molecular complexity index is 885. The molecule has 0 N–H and O–H groups in total. The Hall–Kier alpha value is -2.64. The summed E-state index contributed by atoms with van der Waals surface area (Å²) in [6.07, 6.45) is 4.31. The van der Waals surface area contributed by atoms with Crippen molar-refractivity contribution in [1.29, 1.82) is 0 Å². The molecule has 0 saturated carbocycles. The van der Waals surface area contributed by atoms with E-state index in [9.17, 15) is 9.59 Å². The maximum atomic E-state index is 12.8. The van der Waals surface area contributed by atoms with Crippen molar-refractivity contribution in [2.75, 3.05) is 19.7 Å². The first-order valence-corrected chi connectivity index (χ1v) is 10.1. The van der Waals surface area contributed by atoms with Crippen LogP contribution in [0.25, 0.3) is 0 Å². The first kappa shape index (κ1) is 18.7. The van der Waals surface area contributed by atoms with Gasteiger partial charge in [0.1, 0.15) is 0 Å². The average molecular weight is 385 g/mol. The lowest BCUT2D eigenvalue weighted by Gasteiger charge is -2.31. The molecule has 0 aliphatic carbocycles. The van der Waals surface area contributed by atoms with Gasteiger partial charge >= 0.3 is 0 Å². The van der Waals surface area contributed by atoms with Gasteiger partial charge in [-0.25, -0.2) is 9.67 Å². The fourth-order valence-electron chi connectivity index (χ4n) is 3.82. The molecule has 1 amide bonds. The minimum Gasteiger partial charge on any atom is -0.478 e. The van der Waals surface area contributed by atoms with Crippen LogP contribution in [0.5, 0.6) is 5.88 Å². The first-order chi connectivity index (χ1) is 13.5. The molecule has 1 saturated heterocycles. The van der Waals surface area contributed by atoms with E-state index in [4.69, 9.17) is 4.74 Å². The molecular formula is C20H27N5O3. The summed E-state index contributed by atoms with van der Waals surface area (Å²) in [5.41, 5.74) is 1.29. The van der Waals surface area contributed by atoms with E-state index in [1.807, 2.05) is 18.7 Å².